The van der Waals surface area contributed by atoms with Crippen LogP contribution in [-0.2, 0) is 5.54 Å². The first-order valence-corrected chi connectivity index (χ1v) is 6.53. The third kappa shape index (κ3) is 1.67. The monoisotopic (exact) mass is 220 g/mol. The highest BCUT2D eigenvalue weighted by atomic mass is 16.3. The molecule has 2 saturated carbocycles. The van der Waals surface area contributed by atoms with Crippen LogP contribution in [0.25, 0.3) is 0 Å². The second kappa shape index (κ2) is 3.88. The van der Waals surface area contributed by atoms with Gasteiger partial charge in [-0.2, -0.15) is 0 Å². The highest BCUT2D eigenvalue weighted by Gasteiger charge is 2.36. The summed E-state index contributed by atoms with van der Waals surface area (Å²) in [4.78, 5) is 4.65. The summed E-state index contributed by atoms with van der Waals surface area (Å²) in [6, 6.07) is 0. The second-order valence-electron chi connectivity index (χ2n) is 5.42. The Balaban J connectivity index is 1.81. The average Bonchev–Trinajstić information content (AvgIpc) is 2.98. The van der Waals surface area contributed by atoms with Crippen LogP contribution in [0.2, 0.25) is 0 Å². The highest BCUT2D eigenvalue weighted by Crippen LogP contribution is 2.38. The lowest BCUT2D eigenvalue weighted by molar-refractivity contribution is 0.335. The summed E-state index contributed by atoms with van der Waals surface area (Å²) in [5.74, 6) is 1.41. The fourth-order valence-corrected chi connectivity index (χ4v) is 3.14. The minimum atomic E-state index is -0.267. The normalized spacial score (nSPS) is 25.3. The van der Waals surface area contributed by atoms with Gasteiger partial charge in [0.2, 0.25) is 5.89 Å². The topological polar surface area (TPSA) is 52.0 Å². The van der Waals surface area contributed by atoms with Crippen molar-refractivity contribution in [3.8, 4) is 0 Å². The zero-order chi connectivity index (χ0) is 11.0. The van der Waals surface area contributed by atoms with Gasteiger partial charge >= 0.3 is 0 Å². The number of oxazole rings is 1. The van der Waals surface area contributed by atoms with Crippen LogP contribution in [0.4, 0.5) is 0 Å². The third-order valence-corrected chi connectivity index (χ3v) is 4.22. The number of aromatic nitrogens is 1. The first-order valence-electron chi connectivity index (χ1n) is 6.53. The summed E-state index contributed by atoms with van der Waals surface area (Å²) in [6.45, 7) is 0. The van der Waals surface area contributed by atoms with Gasteiger partial charge in [-0.05, 0) is 25.7 Å². The molecular formula is C13H20N2O. The Morgan fingerprint density at radius 2 is 1.88 bits per heavy atom. The number of nitrogens with two attached hydrogens (primary N) is 1. The summed E-state index contributed by atoms with van der Waals surface area (Å²) in [5, 5.41) is 0. The number of nitrogens with zero attached hydrogens (tertiary/aromatic N) is 1. The molecule has 2 aliphatic carbocycles. The van der Waals surface area contributed by atoms with Crippen molar-refractivity contribution < 1.29 is 4.42 Å². The minimum absolute atomic E-state index is 0.267. The standard InChI is InChI=1S/C13H20N2O/c14-13(7-3-4-8-13)12-15-11(9-16-12)10-5-1-2-6-10/h9-10H,1-8,14H2. The molecule has 0 bridgehead atoms. The Morgan fingerprint density at radius 3 is 2.56 bits per heavy atom. The van der Waals surface area contributed by atoms with Crippen LogP contribution in [0.15, 0.2) is 10.7 Å². The highest BCUT2D eigenvalue weighted by molar-refractivity contribution is 5.12. The van der Waals surface area contributed by atoms with Gasteiger partial charge in [0.25, 0.3) is 0 Å². The molecule has 2 fully saturated rings. The summed E-state index contributed by atoms with van der Waals surface area (Å²) >= 11 is 0. The molecule has 88 valence electrons. The van der Waals surface area contributed by atoms with Gasteiger partial charge in [0, 0.05) is 5.92 Å². The van der Waals surface area contributed by atoms with Crippen molar-refractivity contribution in [1.29, 1.82) is 0 Å². The van der Waals surface area contributed by atoms with Crippen molar-refractivity contribution in [2.45, 2.75) is 62.8 Å². The minimum Gasteiger partial charge on any atom is -0.447 e. The maximum Gasteiger partial charge on any atom is 0.214 e. The van der Waals surface area contributed by atoms with Crippen molar-refractivity contribution >= 4 is 0 Å². The van der Waals surface area contributed by atoms with Crippen molar-refractivity contribution in [3.63, 3.8) is 0 Å². The van der Waals surface area contributed by atoms with Gasteiger partial charge in [0.15, 0.2) is 0 Å². The predicted octanol–water partition coefficient (Wildman–Crippen LogP) is 3.06. The van der Waals surface area contributed by atoms with Gasteiger partial charge in [-0.1, -0.05) is 25.7 Å². The van der Waals surface area contributed by atoms with E-state index in [0.29, 0.717) is 5.92 Å². The zero-order valence-corrected chi connectivity index (χ0v) is 9.74. The van der Waals surface area contributed by atoms with Gasteiger partial charge < -0.3 is 10.2 Å². The van der Waals surface area contributed by atoms with E-state index < -0.39 is 0 Å². The molecular weight excluding hydrogens is 200 g/mol. The van der Waals surface area contributed by atoms with Crippen LogP contribution in [0, 0.1) is 0 Å². The Morgan fingerprint density at radius 1 is 1.19 bits per heavy atom. The molecule has 1 aromatic heterocycles. The number of hydrogen-bond acceptors (Lipinski definition) is 3. The van der Waals surface area contributed by atoms with E-state index in [9.17, 15) is 0 Å². The Kier molecular flexibility index (Phi) is 2.51. The molecule has 0 spiro atoms. The van der Waals surface area contributed by atoms with Gasteiger partial charge in [-0.25, -0.2) is 4.98 Å². The van der Waals surface area contributed by atoms with Crippen molar-refractivity contribution in [2.75, 3.05) is 0 Å². The molecule has 0 amide bonds. The quantitative estimate of drug-likeness (QED) is 0.833. The fourth-order valence-electron chi connectivity index (χ4n) is 3.14. The Hall–Kier alpha value is -0.830. The van der Waals surface area contributed by atoms with Crippen LogP contribution >= 0.6 is 0 Å². The number of hydrogen-bond donors (Lipinski definition) is 1. The fraction of sp³-hybridized carbons (Fsp3) is 0.769. The van der Waals surface area contributed by atoms with E-state index in [1.54, 1.807) is 0 Å². The summed E-state index contributed by atoms with van der Waals surface area (Å²) < 4.78 is 5.63. The van der Waals surface area contributed by atoms with Crippen LogP contribution in [-0.4, -0.2) is 4.98 Å². The van der Waals surface area contributed by atoms with Gasteiger partial charge in [0.05, 0.1) is 11.2 Å². The van der Waals surface area contributed by atoms with Gasteiger partial charge in [0.1, 0.15) is 6.26 Å². The van der Waals surface area contributed by atoms with Crippen molar-refractivity contribution in [1.82, 2.24) is 4.98 Å². The summed E-state index contributed by atoms with van der Waals surface area (Å²) in [5.41, 5.74) is 7.21. The van der Waals surface area contributed by atoms with E-state index >= 15 is 0 Å². The average molecular weight is 220 g/mol. The summed E-state index contributed by atoms with van der Waals surface area (Å²) in [7, 11) is 0. The molecule has 0 aliphatic heterocycles. The predicted molar refractivity (Wildman–Crippen MR) is 62.0 cm³/mol. The molecule has 3 heteroatoms. The van der Waals surface area contributed by atoms with Crippen molar-refractivity contribution in [2.24, 2.45) is 5.73 Å². The summed E-state index contributed by atoms with van der Waals surface area (Å²) in [6.07, 6.45) is 11.5. The molecule has 2 N–H and O–H groups in total. The SMILES string of the molecule is NC1(c2nc(C3CCCC3)co2)CCCC1. The maximum atomic E-state index is 6.34. The molecule has 0 unspecified atom stereocenters. The third-order valence-electron chi connectivity index (χ3n) is 4.22. The second-order valence-corrected chi connectivity index (χ2v) is 5.42. The molecule has 1 heterocycles. The molecule has 0 aromatic carbocycles. The van der Waals surface area contributed by atoms with E-state index in [-0.39, 0.29) is 5.54 Å². The maximum absolute atomic E-state index is 6.34. The molecule has 3 rings (SSSR count). The van der Waals surface area contributed by atoms with E-state index in [4.69, 9.17) is 10.2 Å². The van der Waals surface area contributed by atoms with E-state index in [1.165, 1.54) is 38.5 Å². The van der Waals surface area contributed by atoms with Crippen LogP contribution in [0.5, 0.6) is 0 Å². The molecule has 3 nitrogen and oxygen atoms in total. The first-order chi connectivity index (χ1) is 7.78. The van der Waals surface area contributed by atoms with Crippen LogP contribution in [0.1, 0.15) is 68.9 Å². The molecule has 0 atom stereocenters. The molecule has 16 heavy (non-hydrogen) atoms. The van der Waals surface area contributed by atoms with Crippen LogP contribution < -0.4 is 5.73 Å². The Bertz CT molecular complexity index is 360. The lowest BCUT2D eigenvalue weighted by Crippen LogP contribution is -2.33. The zero-order valence-electron chi connectivity index (χ0n) is 9.74. The van der Waals surface area contributed by atoms with E-state index in [0.717, 1.165) is 24.4 Å². The van der Waals surface area contributed by atoms with E-state index in [1.807, 2.05) is 6.26 Å². The molecule has 2 aliphatic rings. The number of rotatable bonds is 2. The lowest BCUT2D eigenvalue weighted by atomic mass is 9.99. The van der Waals surface area contributed by atoms with Gasteiger partial charge in [-0.15, -0.1) is 0 Å². The smallest absolute Gasteiger partial charge is 0.214 e. The van der Waals surface area contributed by atoms with E-state index in [2.05, 4.69) is 4.98 Å². The lowest BCUT2D eigenvalue weighted by Gasteiger charge is -2.18. The molecule has 0 radical (unpaired) electrons. The first kappa shape index (κ1) is 10.3. The van der Waals surface area contributed by atoms with Crippen molar-refractivity contribution in [3.05, 3.63) is 17.8 Å². The molecule has 0 saturated heterocycles. The van der Waals surface area contributed by atoms with Gasteiger partial charge in [-0.3, -0.25) is 0 Å². The van der Waals surface area contributed by atoms with Crippen LogP contribution in [0.3, 0.4) is 0 Å². The molecule has 1 aromatic rings. The Labute approximate surface area is 96.4 Å². The largest absolute Gasteiger partial charge is 0.447 e.